The molecule has 0 aliphatic carbocycles. The second-order valence-corrected chi connectivity index (χ2v) is 8.11. The second-order valence-electron chi connectivity index (χ2n) is 8.11. The molecule has 1 fully saturated rings. The average molecular weight is 414 g/mol. The summed E-state index contributed by atoms with van der Waals surface area (Å²) in [7, 11) is 0. The van der Waals surface area contributed by atoms with Crippen molar-refractivity contribution in [3.8, 4) is 11.5 Å². The number of carbonyl (C=O) groups is 1. The number of anilines is 1. The molecule has 0 spiro atoms. The highest BCUT2D eigenvalue weighted by molar-refractivity contribution is 5.94. The Balaban J connectivity index is 1.27. The van der Waals surface area contributed by atoms with Crippen LogP contribution in [-0.4, -0.2) is 48.6 Å². The molecule has 0 bridgehead atoms. The lowest BCUT2D eigenvalue weighted by atomic mass is 10.1. The highest BCUT2D eigenvalue weighted by atomic mass is 16.5. The van der Waals surface area contributed by atoms with Crippen LogP contribution >= 0.6 is 0 Å². The summed E-state index contributed by atoms with van der Waals surface area (Å²) in [5.41, 5.74) is 3.21. The van der Waals surface area contributed by atoms with E-state index in [9.17, 15) is 4.79 Å². The molecule has 0 unspecified atom stereocenters. The first kappa shape index (κ1) is 19.6. The van der Waals surface area contributed by atoms with Gasteiger partial charge in [0.25, 0.3) is 0 Å². The summed E-state index contributed by atoms with van der Waals surface area (Å²) in [4.78, 5) is 19.8. The van der Waals surface area contributed by atoms with Gasteiger partial charge in [0, 0.05) is 38.3 Å². The number of carbonyl (C=O) groups excluding carboxylic acids is 1. The van der Waals surface area contributed by atoms with Gasteiger partial charge in [-0.05, 0) is 30.2 Å². The summed E-state index contributed by atoms with van der Waals surface area (Å²) in [6.45, 7) is 4.84. The molecule has 0 saturated carbocycles. The van der Waals surface area contributed by atoms with Crippen molar-refractivity contribution in [3.05, 3.63) is 90.0 Å². The van der Waals surface area contributed by atoms with Crippen LogP contribution in [0.3, 0.4) is 0 Å². The molecule has 2 amide bonds. The number of para-hydroxylation sites is 3. The zero-order chi connectivity index (χ0) is 21.0. The standard InChI is InChI=1S/C26H27N3O2/c30-26(28-18-16-27(17-19-28)15-14-21-8-2-1-3-9-21)29-20-22-10-4-6-12-24(22)31-25-13-7-5-11-23(25)29/h1-13H,14-20H2. The van der Waals surface area contributed by atoms with Crippen molar-refractivity contribution in [1.29, 1.82) is 0 Å². The van der Waals surface area contributed by atoms with Gasteiger partial charge in [-0.2, -0.15) is 0 Å². The number of urea groups is 1. The van der Waals surface area contributed by atoms with Crippen molar-refractivity contribution in [3.63, 3.8) is 0 Å². The highest BCUT2D eigenvalue weighted by Gasteiger charge is 2.30. The van der Waals surface area contributed by atoms with Crippen molar-refractivity contribution in [2.24, 2.45) is 0 Å². The average Bonchev–Trinajstić information content (AvgIpc) is 3.00. The molecule has 2 aliphatic heterocycles. The minimum absolute atomic E-state index is 0.0514. The molecule has 1 saturated heterocycles. The van der Waals surface area contributed by atoms with Gasteiger partial charge in [0.1, 0.15) is 5.75 Å². The largest absolute Gasteiger partial charge is 0.455 e. The van der Waals surface area contributed by atoms with E-state index in [1.165, 1.54) is 5.56 Å². The van der Waals surface area contributed by atoms with E-state index in [4.69, 9.17) is 4.74 Å². The van der Waals surface area contributed by atoms with E-state index in [-0.39, 0.29) is 6.03 Å². The van der Waals surface area contributed by atoms with Crippen molar-refractivity contribution in [1.82, 2.24) is 9.80 Å². The van der Waals surface area contributed by atoms with Crippen molar-refractivity contribution < 1.29 is 9.53 Å². The van der Waals surface area contributed by atoms with Crippen molar-refractivity contribution >= 4 is 11.7 Å². The first-order valence-electron chi connectivity index (χ1n) is 11.0. The van der Waals surface area contributed by atoms with Gasteiger partial charge in [-0.3, -0.25) is 9.80 Å². The smallest absolute Gasteiger partial charge is 0.325 e. The zero-order valence-corrected chi connectivity index (χ0v) is 17.6. The fourth-order valence-electron chi connectivity index (χ4n) is 4.31. The van der Waals surface area contributed by atoms with E-state index in [1.807, 2.05) is 58.3 Å². The van der Waals surface area contributed by atoms with Crippen molar-refractivity contribution in [2.45, 2.75) is 13.0 Å². The fourth-order valence-corrected chi connectivity index (χ4v) is 4.31. The molecule has 158 valence electrons. The van der Waals surface area contributed by atoms with E-state index >= 15 is 0 Å². The quantitative estimate of drug-likeness (QED) is 0.620. The number of piperazine rings is 1. The molecule has 0 atom stereocenters. The molecule has 2 aliphatic rings. The van der Waals surface area contributed by atoms with Crippen LogP contribution in [0.1, 0.15) is 11.1 Å². The zero-order valence-electron chi connectivity index (χ0n) is 17.6. The minimum atomic E-state index is 0.0514. The molecular weight excluding hydrogens is 386 g/mol. The summed E-state index contributed by atoms with van der Waals surface area (Å²) < 4.78 is 6.14. The Labute approximate surface area is 183 Å². The number of benzene rings is 3. The van der Waals surface area contributed by atoms with Crippen LogP contribution < -0.4 is 9.64 Å². The van der Waals surface area contributed by atoms with E-state index < -0.39 is 0 Å². The lowest BCUT2D eigenvalue weighted by Crippen LogP contribution is -2.53. The third-order valence-electron chi connectivity index (χ3n) is 6.11. The number of fused-ring (bicyclic) bond motifs is 2. The van der Waals surface area contributed by atoms with Gasteiger partial charge in [-0.1, -0.05) is 60.7 Å². The summed E-state index contributed by atoms with van der Waals surface area (Å²) in [5, 5.41) is 0. The molecule has 3 aromatic rings. The number of hydrogen-bond donors (Lipinski definition) is 0. The maximum absolute atomic E-state index is 13.5. The van der Waals surface area contributed by atoms with Crippen LogP contribution in [0.25, 0.3) is 0 Å². The number of rotatable bonds is 3. The molecule has 2 heterocycles. The van der Waals surface area contributed by atoms with Gasteiger partial charge in [-0.25, -0.2) is 4.79 Å². The van der Waals surface area contributed by atoms with E-state index in [1.54, 1.807) is 0 Å². The number of hydrogen-bond acceptors (Lipinski definition) is 3. The van der Waals surface area contributed by atoms with Gasteiger partial charge < -0.3 is 9.64 Å². The summed E-state index contributed by atoms with van der Waals surface area (Å²) in [5.74, 6) is 1.54. The van der Waals surface area contributed by atoms with E-state index in [0.717, 1.165) is 61.9 Å². The lowest BCUT2D eigenvalue weighted by Gasteiger charge is -2.37. The molecule has 0 N–H and O–H groups in total. The Hall–Kier alpha value is -3.31. The van der Waals surface area contributed by atoms with Gasteiger partial charge in [-0.15, -0.1) is 0 Å². The Morgan fingerprint density at radius 1 is 0.774 bits per heavy atom. The monoisotopic (exact) mass is 413 g/mol. The molecule has 3 aromatic carbocycles. The SMILES string of the molecule is O=C(N1CCN(CCc2ccccc2)CC1)N1Cc2ccccc2Oc2ccccc21. The lowest BCUT2D eigenvalue weighted by molar-refractivity contribution is 0.144. The van der Waals surface area contributed by atoms with Crippen LogP contribution in [0.15, 0.2) is 78.9 Å². The maximum Gasteiger partial charge on any atom is 0.325 e. The summed E-state index contributed by atoms with van der Waals surface area (Å²) >= 11 is 0. The first-order chi connectivity index (χ1) is 15.3. The first-order valence-corrected chi connectivity index (χ1v) is 11.0. The fraction of sp³-hybridized carbons (Fsp3) is 0.269. The van der Waals surface area contributed by atoms with E-state index in [2.05, 4.69) is 35.2 Å². The molecule has 5 nitrogen and oxygen atoms in total. The second kappa shape index (κ2) is 8.82. The molecule has 5 heteroatoms. The van der Waals surface area contributed by atoms with Crippen LogP contribution in [0.4, 0.5) is 10.5 Å². The van der Waals surface area contributed by atoms with E-state index in [0.29, 0.717) is 6.54 Å². The number of amides is 2. The Morgan fingerprint density at radius 3 is 2.26 bits per heavy atom. The predicted octanol–water partition coefficient (Wildman–Crippen LogP) is 4.78. The third-order valence-corrected chi connectivity index (χ3v) is 6.11. The summed E-state index contributed by atoms with van der Waals surface area (Å²) in [6, 6.07) is 26.4. The van der Waals surface area contributed by atoms with Gasteiger partial charge in [0.15, 0.2) is 5.75 Å². The van der Waals surface area contributed by atoms with Crippen LogP contribution in [0.2, 0.25) is 0 Å². The topological polar surface area (TPSA) is 36.0 Å². The highest BCUT2D eigenvalue weighted by Crippen LogP contribution is 2.39. The predicted molar refractivity (Wildman–Crippen MR) is 123 cm³/mol. The summed E-state index contributed by atoms with van der Waals surface area (Å²) in [6.07, 6.45) is 1.04. The number of ether oxygens (including phenoxy) is 1. The van der Waals surface area contributed by atoms with Crippen molar-refractivity contribution in [2.75, 3.05) is 37.6 Å². The van der Waals surface area contributed by atoms with Gasteiger partial charge in [0.05, 0.1) is 12.2 Å². The Morgan fingerprint density at radius 2 is 1.45 bits per heavy atom. The third kappa shape index (κ3) is 4.28. The molecule has 5 rings (SSSR count). The minimum Gasteiger partial charge on any atom is -0.455 e. The molecule has 0 radical (unpaired) electrons. The number of nitrogens with zero attached hydrogens (tertiary/aromatic N) is 3. The van der Waals surface area contributed by atoms with Crippen LogP contribution in [0, 0.1) is 0 Å². The molecular formula is C26H27N3O2. The van der Waals surface area contributed by atoms with Gasteiger partial charge in [0.2, 0.25) is 0 Å². The molecule has 31 heavy (non-hydrogen) atoms. The molecule has 0 aromatic heterocycles. The van der Waals surface area contributed by atoms with Crippen LogP contribution in [0.5, 0.6) is 11.5 Å². The normalized spacial score (nSPS) is 16.1. The Kier molecular flexibility index (Phi) is 5.59. The maximum atomic E-state index is 13.5. The van der Waals surface area contributed by atoms with Crippen LogP contribution in [-0.2, 0) is 13.0 Å². The Bertz CT molecular complexity index is 1050. The van der Waals surface area contributed by atoms with Gasteiger partial charge >= 0.3 is 6.03 Å².